The number of hydrogen-bond donors (Lipinski definition) is 0. The Morgan fingerprint density at radius 1 is 1.21 bits per heavy atom. The topological polar surface area (TPSA) is 43.4 Å². The van der Waals surface area contributed by atoms with Gasteiger partial charge in [0.2, 0.25) is 5.92 Å². The molecule has 110 valence electrons. The van der Waals surface area contributed by atoms with E-state index in [0.29, 0.717) is 0 Å². The number of halogens is 5. The number of alkyl halides is 5. The van der Waals surface area contributed by atoms with Crippen LogP contribution >= 0.6 is 0 Å². The minimum atomic E-state index is -5.66. The van der Waals surface area contributed by atoms with Crippen molar-refractivity contribution in [3.8, 4) is 0 Å². The number of rotatable bonds is 2. The standard InChI is InChI=1S/C10H11F5O3S/c11-9(12)5-8(6-9)3-1-7(2-4-8)18-19(16,17)10(13,14)15/h1H,2-6H2. The summed E-state index contributed by atoms with van der Waals surface area (Å²) in [4.78, 5) is 0. The Bertz CT molecular complexity index is 498. The van der Waals surface area contributed by atoms with Crippen LogP contribution in [0.15, 0.2) is 11.8 Å². The van der Waals surface area contributed by atoms with E-state index in [-0.39, 0.29) is 37.9 Å². The average Bonchev–Trinajstić information content (AvgIpc) is 2.16. The summed E-state index contributed by atoms with van der Waals surface area (Å²) in [6.07, 6.45) is 0.798. The molecule has 9 heteroatoms. The first-order valence-corrected chi connectivity index (χ1v) is 6.93. The van der Waals surface area contributed by atoms with Crippen LogP contribution in [0, 0.1) is 5.41 Å². The van der Waals surface area contributed by atoms with E-state index in [9.17, 15) is 30.4 Å². The van der Waals surface area contributed by atoms with Crippen LogP contribution in [0.3, 0.4) is 0 Å². The summed E-state index contributed by atoms with van der Waals surface area (Å²) < 4.78 is 87.3. The fourth-order valence-electron chi connectivity index (χ4n) is 2.55. The van der Waals surface area contributed by atoms with Gasteiger partial charge in [-0.25, -0.2) is 8.78 Å². The Kier molecular flexibility index (Phi) is 3.11. The van der Waals surface area contributed by atoms with Gasteiger partial charge in [0.1, 0.15) is 5.76 Å². The predicted molar refractivity (Wildman–Crippen MR) is 54.6 cm³/mol. The van der Waals surface area contributed by atoms with Crippen molar-refractivity contribution in [2.45, 2.75) is 43.5 Å². The summed E-state index contributed by atoms with van der Waals surface area (Å²) in [7, 11) is -5.66. The van der Waals surface area contributed by atoms with Crippen molar-refractivity contribution in [3.63, 3.8) is 0 Å². The highest BCUT2D eigenvalue weighted by Crippen LogP contribution is 2.58. The van der Waals surface area contributed by atoms with Gasteiger partial charge in [0.05, 0.1) is 0 Å². The summed E-state index contributed by atoms with van der Waals surface area (Å²) >= 11 is 0. The van der Waals surface area contributed by atoms with Gasteiger partial charge in [0.25, 0.3) is 0 Å². The van der Waals surface area contributed by atoms with Crippen LogP contribution in [0.25, 0.3) is 0 Å². The Morgan fingerprint density at radius 2 is 1.79 bits per heavy atom. The lowest BCUT2D eigenvalue weighted by Gasteiger charge is -2.48. The Hall–Kier alpha value is -0.860. The summed E-state index contributed by atoms with van der Waals surface area (Å²) in [5.74, 6) is -3.04. The molecule has 2 aliphatic rings. The molecular formula is C10H11F5O3S. The molecule has 0 aromatic rings. The van der Waals surface area contributed by atoms with Gasteiger partial charge < -0.3 is 4.18 Å². The van der Waals surface area contributed by atoms with Gasteiger partial charge in [-0.15, -0.1) is 0 Å². The van der Waals surface area contributed by atoms with E-state index in [0.717, 1.165) is 0 Å². The second-order valence-electron chi connectivity index (χ2n) is 5.07. The number of allylic oxidation sites excluding steroid dienone is 2. The quantitative estimate of drug-likeness (QED) is 0.446. The third-order valence-electron chi connectivity index (χ3n) is 3.43. The fourth-order valence-corrected chi connectivity index (χ4v) is 3.08. The molecule has 0 bridgehead atoms. The van der Waals surface area contributed by atoms with Gasteiger partial charge >= 0.3 is 15.6 Å². The summed E-state index contributed by atoms with van der Waals surface area (Å²) in [5.41, 5.74) is -6.09. The van der Waals surface area contributed by atoms with Crippen LogP contribution in [0.5, 0.6) is 0 Å². The monoisotopic (exact) mass is 306 g/mol. The van der Waals surface area contributed by atoms with Crippen molar-refractivity contribution in [2.75, 3.05) is 0 Å². The lowest BCUT2D eigenvalue weighted by atomic mass is 9.60. The van der Waals surface area contributed by atoms with Crippen molar-refractivity contribution < 1.29 is 34.6 Å². The normalized spacial score (nSPS) is 25.6. The molecule has 1 saturated carbocycles. The van der Waals surface area contributed by atoms with Gasteiger partial charge in [0, 0.05) is 19.3 Å². The zero-order valence-electron chi connectivity index (χ0n) is 9.64. The van der Waals surface area contributed by atoms with Gasteiger partial charge in [0.15, 0.2) is 0 Å². The van der Waals surface area contributed by atoms with Crippen molar-refractivity contribution in [1.29, 1.82) is 0 Å². The van der Waals surface area contributed by atoms with E-state index in [4.69, 9.17) is 0 Å². The highest BCUT2D eigenvalue weighted by molar-refractivity contribution is 7.87. The first-order chi connectivity index (χ1) is 8.45. The predicted octanol–water partition coefficient (Wildman–Crippen LogP) is 3.34. The van der Waals surface area contributed by atoms with Crippen LogP contribution in [0.2, 0.25) is 0 Å². The molecule has 0 amide bonds. The molecule has 0 atom stereocenters. The lowest BCUT2D eigenvalue weighted by Crippen LogP contribution is -2.46. The molecule has 0 N–H and O–H groups in total. The van der Waals surface area contributed by atoms with Crippen molar-refractivity contribution in [3.05, 3.63) is 11.8 Å². The van der Waals surface area contributed by atoms with Crippen LogP contribution in [0.4, 0.5) is 22.0 Å². The van der Waals surface area contributed by atoms with Crippen molar-refractivity contribution in [2.24, 2.45) is 5.41 Å². The highest BCUT2D eigenvalue weighted by Gasteiger charge is 2.56. The molecular weight excluding hydrogens is 295 g/mol. The first kappa shape index (κ1) is 14.5. The molecule has 0 radical (unpaired) electrons. The minimum Gasteiger partial charge on any atom is -0.381 e. The Labute approximate surface area is 106 Å². The third kappa shape index (κ3) is 2.85. The second kappa shape index (κ2) is 4.07. The molecule has 0 saturated heterocycles. The Morgan fingerprint density at radius 3 is 2.16 bits per heavy atom. The van der Waals surface area contributed by atoms with Crippen molar-refractivity contribution in [1.82, 2.24) is 0 Å². The second-order valence-corrected chi connectivity index (χ2v) is 6.61. The Balaban J connectivity index is 2.00. The zero-order valence-corrected chi connectivity index (χ0v) is 10.5. The molecule has 2 rings (SSSR count). The summed E-state index contributed by atoms with van der Waals surface area (Å²) in [6.45, 7) is 0. The van der Waals surface area contributed by atoms with E-state index in [1.165, 1.54) is 6.08 Å². The van der Waals surface area contributed by atoms with Crippen LogP contribution in [0.1, 0.15) is 32.1 Å². The molecule has 0 unspecified atom stereocenters. The van der Waals surface area contributed by atoms with Gasteiger partial charge in [-0.05, 0) is 24.3 Å². The molecule has 19 heavy (non-hydrogen) atoms. The molecule has 1 spiro atoms. The highest BCUT2D eigenvalue weighted by atomic mass is 32.2. The number of hydrogen-bond acceptors (Lipinski definition) is 3. The maximum absolute atomic E-state index is 12.8. The molecule has 0 aliphatic heterocycles. The first-order valence-electron chi connectivity index (χ1n) is 5.52. The lowest BCUT2D eigenvalue weighted by molar-refractivity contribution is -0.165. The van der Waals surface area contributed by atoms with Gasteiger partial charge in [-0.1, -0.05) is 0 Å². The van der Waals surface area contributed by atoms with Crippen LogP contribution in [-0.2, 0) is 14.3 Å². The smallest absolute Gasteiger partial charge is 0.381 e. The molecule has 3 nitrogen and oxygen atoms in total. The van der Waals surface area contributed by atoms with E-state index in [1.54, 1.807) is 0 Å². The van der Waals surface area contributed by atoms with E-state index in [2.05, 4.69) is 4.18 Å². The largest absolute Gasteiger partial charge is 0.534 e. The van der Waals surface area contributed by atoms with Crippen LogP contribution < -0.4 is 0 Å². The fraction of sp³-hybridized carbons (Fsp3) is 0.800. The average molecular weight is 306 g/mol. The van der Waals surface area contributed by atoms with E-state index < -0.39 is 27.0 Å². The maximum Gasteiger partial charge on any atom is 0.534 e. The minimum absolute atomic E-state index is 0.0780. The molecule has 1 fully saturated rings. The van der Waals surface area contributed by atoms with Crippen LogP contribution in [-0.4, -0.2) is 19.8 Å². The molecule has 0 heterocycles. The van der Waals surface area contributed by atoms with Gasteiger partial charge in [-0.2, -0.15) is 21.6 Å². The van der Waals surface area contributed by atoms with E-state index >= 15 is 0 Å². The zero-order chi connectivity index (χ0) is 14.5. The molecule has 0 aromatic carbocycles. The SMILES string of the molecule is O=S(=O)(OC1=CCC2(CC1)CC(F)(F)C2)C(F)(F)F. The molecule has 2 aliphatic carbocycles. The van der Waals surface area contributed by atoms with E-state index in [1.807, 2.05) is 0 Å². The summed E-state index contributed by atoms with van der Waals surface area (Å²) in [5, 5.41) is 0. The van der Waals surface area contributed by atoms with Gasteiger partial charge in [-0.3, -0.25) is 0 Å². The molecule has 0 aromatic heterocycles. The third-order valence-corrected chi connectivity index (χ3v) is 4.43. The maximum atomic E-state index is 12.8. The van der Waals surface area contributed by atoms with Crippen molar-refractivity contribution >= 4 is 10.1 Å². The summed E-state index contributed by atoms with van der Waals surface area (Å²) in [6, 6.07) is 0.